The Kier molecular flexibility index (Phi) is 4.10. The van der Waals surface area contributed by atoms with E-state index in [4.69, 9.17) is 5.73 Å². The molecule has 0 saturated carbocycles. The fourth-order valence-electron chi connectivity index (χ4n) is 3.14. The van der Waals surface area contributed by atoms with Crippen molar-refractivity contribution in [1.29, 1.82) is 0 Å². The SMILES string of the molecule is CN(Cc1ccnc2ccccc12)C(=O)c1cnn2ccc(CN)cc12. The number of aromatic nitrogens is 3. The lowest BCUT2D eigenvalue weighted by atomic mass is 10.1. The molecular weight excluding hydrogens is 326 g/mol. The molecule has 26 heavy (non-hydrogen) atoms. The fourth-order valence-corrected chi connectivity index (χ4v) is 3.14. The van der Waals surface area contributed by atoms with Crippen LogP contribution < -0.4 is 5.73 Å². The van der Waals surface area contributed by atoms with Crippen molar-refractivity contribution < 1.29 is 4.79 Å². The normalized spacial score (nSPS) is 11.2. The quantitative estimate of drug-likeness (QED) is 0.617. The lowest BCUT2D eigenvalue weighted by Crippen LogP contribution is -2.26. The Hall–Kier alpha value is -3.25. The molecule has 0 bridgehead atoms. The maximum atomic E-state index is 13.0. The summed E-state index contributed by atoms with van der Waals surface area (Å²) in [4.78, 5) is 19.1. The molecule has 3 aromatic heterocycles. The second kappa shape index (κ2) is 6.57. The van der Waals surface area contributed by atoms with E-state index in [9.17, 15) is 4.79 Å². The third-order valence-corrected chi connectivity index (χ3v) is 4.55. The predicted molar refractivity (Wildman–Crippen MR) is 101 cm³/mol. The highest BCUT2D eigenvalue weighted by atomic mass is 16.2. The number of amides is 1. The maximum absolute atomic E-state index is 13.0. The summed E-state index contributed by atoms with van der Waals surface area (Å²) < 4.78 is 1.70. The van der Waals surface area contributed by atoms with Gasteiger partial charge in [0.05, 0.1) is 22.8 Å². The van der Waals surface area contributed by atoms with Gasteiger partial charge in [-0.05, 0) is 35.4 Å². The third-order valence-electron chi connectivity index (χ3n) is 4.55. The Morgan fingerprint density at radius 1 is 1.23 bits per heavy atom. The Morgan fingerprint density at radius 3 is 2.92 bits per heavy atom. The van der Waals surface area contributed by atoms with Crippen LogP contribution in [0.15, 0.2) is 61.1 Å². The molecule has 0 radical (unpaired) electrons. The number of para-hydroxylation sites is 1. The van der Waals surface area contributed by atoms with E-state index in [1.54, 1.807) is 28.9 Å². The van der Waals surface area contributed by atoms with E-state index in [-0.39, 0.29) is 5.91 Å². The zero-order chi connectivity index (χ0) is 18.1. The van der Waals surface area contributed by atoms with Gasteiger partial charge in [-0.25, -0.2) is 4.52 Å². The molecule has 6 nitrogen and oxygen atoms in total. The van der Waals surface area contributed by atoms with Crippen molar-refractivity contribution in [2.24, 2.45) is 5.73 Å². The number of carbonyl (C=O) groups is 1. The molecule has 0 aliphatic heterocycles. The van der Waals surface area contributed by atoms with Crippen LogP contribution in [0.4, 0.5) is 0 Å². The van der Waals surface area contributed by atoms with Crippen LogP contribution in [0.25, 0.3) is 16.4 Å². The first-order valence-electron chi connectivity index (χ1n) is 8.42. The fraction of sp³-hybridized carbons (Fsp3) is 0.150. The number of nitrogens with two attached hydrogens (primary N) is 1. The first kappa shape index (κ1) is 16.2. The average molecular weight is 345 g/mol. The van der Waals surface area contributed by atoms with E-state index in [1.807, 2.05) is 48.7 Å². The van der Waals surface area contributed by atoms with E-state index in [1.165, 1.54) is 0 Å². The molecule has 0 aliphatic carbocycles. The minimum absolute atomic E-state index is 0.0740. The summed E-state index contributed by atoms with van der Waals surface area (Å²) in [6.45, 7) is 0.921. The molecular formula is C20H19N5O. The molecule has 1 aromatic carbocycles. The molecule has 4 aromatic rings. The summed E-state index contributed by atoms with van der Waals surface area (Å²) in [7, 11) is 1.80. The highest BCUT2D eigenvalue weighted by Crippen LogP contribution is 2.20. The van der Waals surface area contributed by atoms with Crippen LogP contribution in [-0.4, -0.2) is 32.5 Å². The summed E-state index contributed by atoms with van der Waals surface area (Å²) >= 11 is 0. The van der Waals surface area contributed by atoms with Gasteiger partial charge in [0, 0.05) is 37.9 Å². The largest absolute Gasteiger partial charge is 0.337 e. The summed E-state index contributed by atoms with van der Waals surface area (Å²) in [5.41, 5.74) is 10.0. The van der Waals surface area contributed by atoms with Gasteiger partial charge in [-0.1, -0.05) is 18.2 Å². The molecule has 1 amide bonds. The number of fused-ring (bicyclic) bond motifs is 2. The van der Waals surface area contributed by atoms with Crippen LogP contribution in [0.3, 0.4) is 0 Å². The Balaban J connectivity index is 1.66. The highest BCUT2D eigenvalue weighted by molar-refractivity contribution is 6.00. The second-order valence-electron chi connectivity index (χ2n) is 6.28. The van der Waals surface area contributed by atoms with Gasteiger partial charge in [0.2, 0.25) is 0 Å². The van der Waals surface area contributed by atoms with E-state index in [0.717, 1.165) is 27.5 Å². The zero-order valence-corrected chi connectivity index (χ0v) is 14.5. The first-order valence-corrected chi connectivity index (χ1v) is 8.42. The van der Waals surface area contributed by atoms with Gasteiger partial charge < -0.3 is 10.6 Å². The van der Waals surface area contributed by atoms with E-state index in [0.29, 0.717) is 18.7 Å². The lowest BCUT2D eigenvalue weighted by Gasteiger charge is -2.18. The lowest BCUT2D eigenvalue weighted by molar-refractivity contribution is 0.0787. The van der Waals surface area contributed by atoms with Crippen LogP contribution >= 0.6 is 0 Å². The molecule has 2 N–H and O–H groups in total. The number of rotatable bonds is 4. The molecule has 0 spiro atoms. The molecule has 4 rings (SSSR count). The van der Waals surface area contributed by atoms with Gasteiger partial charge in [0.15, 0.2) is 0 Å². The van der Waals surface area contributed by atoms with Crippen molar-refractivity contribution in [2.45, 2.75) is 13.1 Å². The third kappa shape index (κ3) is 2.80. The van der Waals surface area contributed by atoms with E-state index < -0.39 is 0 Å². The van der Waals surface area contributed by atoms with Gasteiger partial charge in [-0.15, -0.1) is 0 Å². The summed E-state index contributed by atoms with van der Waals surface area (Å²) in [6, 6.07) is 13.7. The number of pyridine rings is 2. The zero-order valence-electron chi connectivity index (χ0n) is 14.5. The Morgan fingerprint density at radius 2 is 2.08 bits per heavy atom. The summed E-state index contributed by atoms with van der Waals surface area (Å²) in [5, 5.41) is 5.33. The van der Waals surface area contributed by atoms with Crippen molar-refractivity contribution in [3.05, 3.63) is 77.7 Å². The van der Waals surface area contributed by atoms with Gasteiger partial charge in [-0.2, -0.15) is 5.10 Å². The number of benzene rings is 1. The molecule has 130 valence electrons. The molecule has 0 fully saturated rings. The van der Waals surface area contributed by atoms with Crippen molar-refractivity contribution in [2.75, 3.05) is 7.05 Å². The molecule has 6 heteroatoms. The maximum Gasteiger partial charge on any atom is 0.257 e. The number of hydrogen-bond acceptors (Lipinski definition) is 4. The number of carbonyl (C=O) groups excluding carboxylic acids is 1. The van der Waals surface area contributed by atoms with Crippen molar-refractivity contribution >= 4 is 22.3 Å². The Labute approximate surface area is 150 Å². The van der Waals surface area contributed by atoms with Crippen molar-refractivity contribution in [3.63, 3.8) is 0 Å². The first-order chi connectivity index (χ1) is 12.7. The average Bonchev–Trinajstić information content (AvgIpc) is 3.10. The van der Waals surface area contributed by atoms with Gasteiger partial charge in [0.25, 0.3) is 5.91 Å². The van der Waals surface area contributed by atoms with Crippen LogP contribution in [0.1, 0.15) is 21.5 Å². The van der Waals surface area contributed by atoms with E-state index >= 15 is 0 Å². The minimum atomic E-state index is -0.0740. The summed E-state index contributed by atoms with van der Waals surface area (Å²) in [6.07, 6.45) is 5.21. The number of nitrogens with zero attached hydrogens (tertiary/aromatic N) is 4. The van der Waals surface area contributed by atoms with E-state index in [2.05, 4.69) is 10.1 Å². The van der Waals surface area contributed by atoms with Crippen LogP contribution in [0, 0.1) is 0 Å². The number of hydrogen-bond donors (Lipinski definition) is 1. The summed E-state index contributed by atoms with van der Waals surface area (Å²) in [5.74, 6) is -0.0740. The molecule has 3 heterocycles. The smallest absolute Gasteiger partial charge is 0.257 e. The van der Waals surface area contributed by atoms with Gasteiger partial charge in [-0.3, -0.25) is 9.78 Å². The van der Waals surface area contributed by atoms with Crippen LogP contribution in [0.2, 0.25) is 0 Å². The molecule has 0 atom stereocenters. The Bertz CT molecular complexity index is 1100. The van der Waals surface area contributed by atoms with Gasteiger partial charge in [0.1, 0.15) is 0 Å². The highest BCUT2D eigenvalue weighted by Gasteiger charge is 2.18. The topological polar surface area (TPSA) is 76.5 Å². The van der Waals surface area contributed by atoms with Gasteiger partial charge >= 0.3 is 0 Å². The van der Waals surface area contributed by atoms with Crippen LogP contribution in [-0.2, 0) is 13.1 Å². The predicted octanol–water partition coefficient (Wildman–Crippen LogP) is 2.61. The minimum Gasteiger partial charge on any atom is -0.337 e. The standard InChI is InChI=1S/C20H19N5O/c1-24(13-15-6-8-22-18-5-3-2-4-16(15)18)20(26)17-12-23-25-9-7-14(11-21)10-19(17)25/h2-10,12H,11,13,21H2,1H3. The van der Waals surface area contributed by atoms with Crippen molar-refractivity contribution in [1.82, 2.24) is 19.5 Å². The monoisotopic (exact) mass is 345 g/mol. The van der Waals surface area contributed by atoms with Crippen molar-refractivity contribution in [3.8, 4) is 0 Å². The van der Waals surface area contributed by atoms with Crippen LogP contribution in [0.5, 0.6) is 0 Å². The second-order valence-corrected chi connectivity index (χ2v) is 6.28. The molecule has 0 aliphatic rings. The molecule has 0 saturated heterocycles. The molecule has 0 unspecified atom stereocenters.